The minimum absolute atomic E-state index is 0.630. The van der Waals surface area contributed by atoms with Crippen LogP contribution < -0.4 is 0 Å². The number of rotatable bonds is 0. The molecule has 0 fully saturated rings. The molecule has 2 rings (SSSR count). The topological polar surface area (TPSA) is 12.9 Å². The predicted octanol–water partition coefficient (Wildman–Crippen LogP) is 3.21. The number of nitrogens with zero attached hydrogens (tertiary/aromatic N) is 1. The zero-order valence-electron chi connectivity index (χ0n) is 6.92. The Hall–Kier alpha value is -0.380. The Morgan fingerprint density at radius 1 is 1.58 bits per heavy atom. The number of aromatic nitrogens is 1. The van der Waals surface area contributed by atoms with Crippen LogP contribution in [0.4, 0.5) is 0 Å². The molecule has 0 saturated carbocycles. The molecule has 1 aromatic rings. The average molecular weight is 271 g/mol. The van der Waals surface area contributed by atoms with E-state index in [1.54, 1.807) is 0 Å². The molecule has 0 radical (unpaired) electrons. The molecule has 0 aromatic carbocycles. The largest absolute Gasteiger partial charge is 0.250 e. The van der Waals surface area contributed by atoms with Gasteiger partial charge in [0.1, 0.15) is 3.70 Å². The van der Waals surface area contributed by atoms with Crippen molar-refractivity contribution in [2.24, 2.45) is 0 Å². The number of hydrogen-bond donors (Lipinski definition) is 0. The van der Waals surface area contributed by atoms with Gasteiger partial charge in [-0.25, -0.2) is 4.98 Å². The van der Waals surface area contributed by atoms with Crippen molar-refractivity contribution >= 4 is 28.7 Å². The van der Waals surface area contributed by atoms with Crippen LogP contribution >= 0.6 is 22.6 Å². The van der Waals surface area contributed by atoms with Gasteiger partial charge in [0.15, 0.2) is 0 Å². The van der Waals surface area contributed by atoms with E-state index in [-0.39, 0.29) is 0 Å². The standard InChI is InChI=1S/C10H10IN/c1-7-3-2-4-8-5-6-12-10(11)9(7)8/h2,4-7H,3H2,1H3/t7-/m1/s1. The maximum Gasteiger partial charge on any atom is 0.105 e. The SMILES string of the molecule is C[C@@H]1CC=Cc2ccnc(I)c21. The van der Waals surface area contributed by atoms with Crippen LogP contribution in [0.25, 0.3) is 6.08 Å². The average Bonchev–Trinajstić information content (AvgIpc) is 2.04. The van der Waals surface area contributed by atoms with Crippen LogP contribution in [0.1, 0.15) is 30.4 Å². The second-order valence-corrected chi connectivity index (χ2v) is 4.17. The number of hydrogen-bond acceptors (Lipinski definition) is 1. The van der Waals surface area contributed by atoms with Crippen LogP contribution in [0.3, 0.4) is 0 Å². The second-order valence-electron chi connectivity index (χ2n) is 3.14. The van der Waals surface area contributed by atoms with Gasteiger partial charge in [-0.2, -0.15) is 0 Å². The molecule has 0 amide bonds. The van der Waals surface area contributed by atoms with Gasteiger partial charge in [0.05, 0.1) is 0 Å². The van der Waals surface area contributed by atoms with Gasteiger partial charge in [0, 0.05) is 6.20 Å². The van der Waals surface area contributed by atoms with Crippen molar-refractivity contribution in [3.8, 4) is 0 Å². The summed E-state index contributed by atoms with van der Waals surface area (Å²) in [5, 5.41) is 0. The van der Waals surface area contributed by atoms with Crippen molar-refractivity contribution in [2.75, 3.05) is 0 Å². The molecule has 0 aliphatic heterocycles. The molecule has 1 aliphatic rings. The molecule has 1 aliphatic carbocycles. The van der Waals surface area contributed by atoms with E-state index in [1.807, 2.05) is 6.20 Å². The number of pyridine rings is 1. The Balaban J connectivity index is 2.62. The van der Waals surface area contributed by atoms with Crippen LogP contribution in [0, 0.1) is 3.70 Å². The minimum atomic E-state index is 0.630. The molecule has 1 nitrogen and oxygen atoms in total. The highest BCUT2D eigenvalue weighted by atomic mass is 127. The normalized spacial score (nSPS) is 20.7. The van der Waals surface area contributed by atoms with Gasteiger partial charge in [0.25, 0.3) is 0 Å². The van der Waals surface area contributed by atoms with E-state index in [2.05, 4.69) is 52.7 Å². The van der Waals surface area contributed by atoms with E-state index in [9.17, 15) is 0 Å². The summed E-state index contributed by atoms with van der Waals surface area (Å²) in [6.07, 6.45) is 7.46. The molecule has 12 heavy (non-hydrogen) atoms. The lowest BCUT2D eigenvalue weighted by molar-refractivity contribution is 0.759. The van der Waals surface area contributed by atoms with Crippen molar-refractivity contribution in [1.29, 1.82) is 0 Å². The number of fused-ring (bicyclic) bond motifs is 1. The Bertz CT molecular complexity index is 331. The molecule has 2 heteroatoms. The molecule has 1 atom stereocenters. The maximum atomic E-state index is 4.30. The summed E-state index contributed by atoms with van der Waals surface area (Å²) < 4.78 is 1.15. The first-order valence-electron chi connectivity index (χ1n) is 4.10. The fourth-order valence-corrected chi connectivity index (χ4v) is 2.62. The molecule has 1 aromatic heterocycles. The summed E-state index contributed by atoms with van der Waals surface area (Å²) in [6, 6.07) is 2.09. The highest BCUT2D eigenvalue weighted by Gasteiger charge is 2.15. The van der Waals surface area contributed by atoms with Crippen LogP contribution in [0.15, 0.2) is 18.3 Å². The molecule has 1 heterocycles. The van der Waals surface area contributed by atoms with Crippen LogP contribution in [0.5, 0.6) is 0 Å². The smallest absolute Gasteiger partial charge is 0.105 e. The third-order valence-electron chi connectivity index (χ3n) is 2.26. The highest BCUT2D eigenvalue weighted by molar-refractivity contribution is 14.1. The van der Waals surface area contributed by atoms with Crippen molar-refractivity contribution in [3.63, 3.8) is 0 Å². The van der Waals surface area contributed by atoms with Gasteiger partial charge in [-0.15, -0.1) is 0 Å². The van der Waals surface area contributed by atoms with E-state index < -0.39 is 0 Å². The molecular formula is C10H10IN. The van der Waals surface area contributed by atoms with Crippen LogP contribution in [-0.2, 0) is 0 Å². The summed E-state index contributed by atoms with van der Waals surface area (Å²) in [4.78, 5) is 4.30. The van der Waals surface area contributed by atoms with Gasteiger partial charge in [0.2, 0.25) is 0 Å². The summed E-state index contributed by atoms with van der Waals surface area (Å²) in [7, 11) is 0. The van der Waals surface area contributed by atoms with E-state index >= 15 is 0 Å². The summed E-state index contributed by atoms with van der Waals surface area (Å²) in [5.74, 6) is 0.630. The molecule has 0 N–H and O–H groups in total. The monoisotopic (exact) mass is 271 g/mol. The lowest BCUT2D eigenvalue weighted by Gasteiger charge is -2.18. The predicted molar refractivity (Wildman–Crippen MR) is 59.0 cm³/mol. The minimum Gasteiger partial charge on any atom is -0.250 e. The van der Waals surface area contributed by atoms with Crippen molar-refractivity contribution < 1.29 is 0 Å². The Morgan fingerprint density at radius 3 is 3.17 bits per heavy atom. The summed E-state index contributed by atoms with van der Waals surface area (Å²) in [5.41, 5.74) is 2.76. The van der Waals surface area contributed by atoms with Crippen molar-refractivity contribution in [1.82, 2.24) is 4.98 Å². The quantitative estimate of drug-likeness (QED) is 0.521. The zero-order chi connectivity index (χ0) is 8.55. The van der Waals surface area contributed by atoms with Gasteiger partial charge >= 0.3 is 0 Å². The Labute approximate surface area is 86.0 Å². The summed E-state index contributed by atoms with van der Waals surface area (Å²) >= 11 is 2.31. The molecule has 0 unspecified atom stereocenters. The van der Waals surface area contributed by atoms with E-state index in [1.165, 1.54) is 11.1 Å². The van der Waals surface area contributed by atoms with Gasteiger partial charge in [-0.05, 0) is 52.1 Å². The second kappa shape index (κ2) is 3.17. The zero-order valence-corrected chi connectivity index (χ0v) is 9.08. The number of allylic oxidation sites excluding steroid dienone is 1. The third-order valence-corrected chi connectivity index (χ3v) is 3.11. The lowest BCUT2D eigenvalue weighted by Crippen LogP contribution is -2.03. The molecule has 0 saturated heterocycles. The Kier molecular flexibility index (Phi) is 2.17. The fraction of sp³-hybridized carbons (Fsp3) is 0.300. The van der Waals surface area contributed by atoms with Gasteiger partial charge < -0.3 is 0 Å². The van der Waals surface area contributed by atoms with Gasteiger partial charge in [-0.1, -0.05) is 19.1 Å². The van der Waals surface area contributed by atoms with E-state index in [4.69, 9.17) is 0 Å². The molecule has 0 spiro atoms. The Morgan fingerprint density at radius 2 is 2.42 bits per heavy atom. The number of halogens is 1. The highest BCUT2D eigenvalue weighted by Crippen LogP contribution is 2.31. The van der Waals surface area contributed by atoms with Crippen molar-refractivity contribution in [2.45, 2.75) is 19.3 Å². The van der Waals surface area contributed by atoms with Gasteiger partial charge in [-0.3, -0.25) is 0 Å². The van der Waals surface area contributed by atoms with Crippen LogP contribution in [0.2, 0.25) is 0 Å². The fourth-order valence-electron chi connectivity index (χ4n) is 1.61. The lowest BCUT2D eigenvalue weighted by atomic mass is 9.90. The molecule has 62 valence electrons. The van der Waals surface area contributed by atoms with Crippen molar-refractivity contribution in [3.05, 3.63) is 33.2 Å². The maximum absolute atomic E-state index is 4.30. The first kappa shape index (κ1) is 8.23. The van der Waals surface area contributed by atoms with Crippen LogP contribution in [-0.4, -0.2) is 4.98 Å². The first-order chi connectivity index (χ1) is 5.79. The first-order valence-corrected chi connectivity index (χ1v) is 5.18. The third kappa shape index (κ3) is 1.28. The molecular weight excluding hydrogens is 261 g/mol. The van der Waals surface area contributed by atoms with E-state index in [0.29, 0.717) is 5.92 Å². The molecule has 0 bridgehead atoms. The van der Waals surface area contributed by atoms with E-state index in [0.717, 1.165) is 10.1 Å². The summed E-state index contributed by atoms with van der Waals surface area (Å²) in [6.45, 7) is 2.26.